The van der Waals surface area contributed by atoms with E-state index in [0.717, 1.165) is 23.0 Å². The van der Waals surface area contributed by atoms with Crippen molar-refractivity contribution in [3.05, 3.63) is 87.4 Å². The number of carbonyl (C=O) groups excluding carboxylic acids is 2. The normalized spacial score (nSPS) is 12.2. The molecule has 0 saturated heterocycles. The van der Waals surface area contributed by atoms with Crippen LogP contribution in [0.3, 0.4) is 0 Å². The van der Waals surface area contributed by atoms with Gasteiger partial charge in [-0.2, -0.15) is 26.3 Å². The van der Waals surface area contributed by atoms with E-state index in [9.17, 15) is 55.0 Å². The minimum atomic E-state index is -5.08. The van der Waals surface area contributed by atoms with Crippen molar-refractivity contribution in [1.29, 1.82) is 5.41 Å². The molecule has 0 radical (unpaired) electrons. The van der Waals surface area contributed by atoms with E-state index in [-0.39, 0.29) is 35.0 Å². The number of halogens is 7. The summed E-state index contributed by atoms with van der Waals surface area (Å²) in [6.45, 7) is 0.222. The van der Waals surface area contributed by atoms with Crippen LogP contribution in [-0.2, 0) is 36.9 Å². The second kappa shape index (κ2) is 20.4. The van der Waals surface area contributed by atoms with Crippen LogP contribution < -0.4 is 10.5 Å². The number of nitrogens with two attached hydrogens (primary N) is 1. The molecule has 0 saturated carbocycles. The monoisotopic (exact) mass is 797 g/mol. The number of ketones is 1. The summed E-state index contributed by atoms with van der Waals surface area (Å²) in [4.78, 5) is 69.0. The summed E-state index contributed by atoms with van der Waals surface area (Å²) in [7, 11) is 1.68. The molecule has 294 valence electrons. The molecule has 7 N–H and O–H groups in total. The minimum Gasteiger partial charge on any atom is -0.481 e. The average Bonchev–Trinajstić information content (AvgIpc) is 3.52. The second-order valence-corrected chi connectivity index (χ2v) is 11.9. The highest BCUT2D eigenvalue weighted by Crippen LogP contribution is 2.25. The number of benzene rings is 2. The van der Waals surface area contributed by atoms with E-state index in [1.165, 1.54) is 18.2 Å². The van der Waals surface area contributed by atoms with Crippen LogP contribution in [0.1, 0.15) is 38.5 Å². The molecule has 3 rings (SSSR count). The number of amidine groups is 1. The number of nitrogen functional groups attached to an aromatic ring is 1. The first kappa shape index (κ1) is 46.1. The van der Waals surface area contributed by atoms with Gasteiger partial charge in [0.1, 0.15) is 10.7 Å². The molecule has 2 aromatic carbocycles. The number of likely N-dealkylation sites (N-methyl/N-ethyl adjacent to an activating group) is 1. The largest absolute Gasteiger partial charge is 0.490 e. The lowest BCUT2D eigenvalue weighted by Gasteiger charge is -2.27. The van der Waals surface area contributed by atoms with Gasteiger partial charge in [-0.3, -0.25) is 24.7 Å². The topological polar surface area (TPSA) is 246 Å². The van der Waals surface area contributed by atoms with Gasteiger partial charge in [0.25, 0.3) is 0 Å². The standard InChI is InChI=1S/C28H28FN3O7S.2C2HF3O2/c1-32(21(11-16-5-3-2-4-6-16)22(33)13-18(27(36)37)14-25(34)35)15-19-8-10-24(40-19)28(38)39-23-9-7-17(26(30)31)12-20(23)29;2*3-2(4,5)1(6)7/h2-10,12,18,21H,11,13-15H2,1H3,(H3,30,31)(H,34,35)(H,36,37);2*(H,6,7)/t18-,21-;;/m1../s1. The smallest absolute Gasteiger partial charge is 0.481 e. The number of hydrogen-bond donors (Lipinski definition) is 6. The summed E-state index contributed by atoms with van der Waals surface area (Å²) in [5.41, 5.74) is 6.33. The van der Waals surface area contributed by atoms with E-state index in [0.29, 0.717) is 4.88 Å². The number of Topliss-reactive ketones (excluding diaryl/α,β-unsaturated/α-hetero) is 1. The maximum absolute atomic E-state index is 14.3. The molecule has 0 aliphatic heterocycles. The first-order valence-corrected chi connectivity index (χ1v) is 15.4. The van der Waals surface area contributed by atoms with Crippen LogP contribution >= 0.6 is 11.3 Å². The molecule has 0 fully saturated rings. The lowest BCUT2D eigenvalue weighted by atomic mass is 9.92. The molecule has 0 unspecified atom stereocenters. The summed E-state index contributed by atoms with van der Waals surface area (Å²) in [5, 5.41) is 40.1. The molecule has 22 heteroatoms. The molecule has 1 heterocycles. The summed E-state index contributed by atoms with van der Waals surface area (Å²) < 4.78 is 82.9. The maximum Gasteiger partial charge on any atom is 0.490 e. The number of esters is 1. The third-order valence-corrected chi connectivity index (χ3v) is 7.64. The van der Waals surface area contributed by atoms with Crippen molar-refractivity contribution in [3.63, 3.8) is 0 Å². The number of carboxylic acid groups (broad SMARTS) is 4. The fourth-order valence-corrected chi connectivity index (χ4v) is 4.97. The first-order valence-electron chi connectivity index (χ1n) is 14.6. The van der Waals surface area contributed by atoms with E-state index < -0.39 is 78.6 Å². The highest BCUT2D eigenvalue weighted by molar-refractivity contribution is 7.13. The number of hydrogen-bond acceptors (Lipinski definition) is 10. The van der Waals surface area contributed by atoms with Gasteiger partial charge < -0.3 is 30.9 Å². The molecule has 2 atom stereocenters. The van der Waals surface area contributed by atoms with Crippen molar-refractivity contribution in [1.82, 2.24) is 4.90 Å². The third kappa shape index (κ3) is 16.2. The van der Waals surface area contributed by atoms with Gasteiger partial charge in [0.05, 0.1) is 18.4 Å². The van der Waals surface area contributed by atoms with Crippen molar-refractivity contribution in [3.8, 4) is 5.75 Å². The van der Waals surface area contributed by atoms with Gasteiger partial charge in [-0.1, -0.05) is 30.3 Å². The van der Waals surface area contributed by atoms with Gasteiger partial charge in [0.15, 0.2) is 17.3 Å². The minimum absolute atomic E-state index is 0.149. The number of ether oxygens (including phenoxy) is 1. The van der Waals surface area contributed by atoms with Crippen LogP contribution in [0.5, 0.6) is 5.75 Å². The molecule has 54 heavy (non-hydrogen) atoms. The third-order valence-electron chi connectivity index (χ3n) is 6.59. The molecule has 0 bridgehead atoms. The summed E-state index contributed by atoms with van der Waals surface area (Å²) in [5.74, 6) is -12.2. The van der Waals surface area contributed by atoms with Gasteiger partial charge >= 0.3 is 42.2 Å². The van der Waals surface area contributed by atoms with Crippen molar-refractivity contribution in [2.75, 3.05) is 7.05 Å². The van der Waals surface area contributed by atoms with Gasteiger partial charge in [-0.25, -0.2) is 18.8 Å². The van der Waals surface area contributed by atoms with Crippen LogP contribution in [0.2, 0.25) is 0 Å². The highest BCUT2D eigenvalue weighted by atomic mass is 32.1. The molecule has 1 aromatic heterocycles. The fourth-order valence-electron chi connectivity index (χ4n) is 4.02. The Morgan fingerprint density at radius 1 is 0.852 bits per heavy atom. The molecular formula is C32H30F7N3O11S. The van der Waals surface area contributed by atoms with Gasteiger partial charge in [0.2, 0.25) is 0 Å². The van der Waals surface area contributed by atoms with Crippen molar-refractivity contribution >= 4 is 52.8 Å². The number of nitrogens with one attached hydrogen (secondary N) is 1. The molecule has 0 spiro atoms. The predicted molar refractivity (Wildman–Crippen MR) is 172 cm³/mol. The predicted octanol–water partition coefficient (Wildman–Crippen LogP) is 4.83. The van der Waals surface area contributed by atoms with Gasteiger partial charge in [-0.15, -0.1) is 11.3 Å². The first-order chi connectivity index (χ1) is 24.8. The molecule has 0 aliphatic carbocycles. The summed E-state index contributed by atoms with van der Waals surface area (Å²) >= 11 is 1.09. The van der Waals surface area contributed by atoms with Crippen LogP contribution in [0, 0.1) is 17.1 Å². The number of thiophene rings is 1. The Morgan fingerprint density at radius 2 is 1.39 bits per heavy atom. The Labute approximate surface area is 303 Å². The average molecular weight is 798 g/mol. The molecular weight excluding hydrogens is 767 g/mol. The maximum atomic E-state index is 14.3. The molecule has 0 aliphatic rings. The number of carboxylic acids is 4. The molecule has 3 aromatic rings. The van der Waals surface area contributed by atoms with Crippen molar-refractivity contribution < 1.29 is 84.7 Å². The molecule has 14 nitrogen and oxygen atoms in total. The van der Waals surface area contributed by atoms with E-state index >= 15 is 0 Å². The van der Waals surface area contributed by atoms with E-state index in [4.69, 9.17) is 40.8 Å². The quantitative estimate of drug-likeness (QED) is 0.0421. The van der Waals surface area contributed by atoms with E-state index in [1.807, 2.05) is 30.3 Å². The van der Waals surface area contributed by atoms with Crippen molar-refractivity contribution in [2.45, 2.75) is 44.2 Å². The van der Waals surface area contributed by atoms with Crippen LogP contribution in [0.4, 0.5) is 30.7 Å². The van der Waals surface area contributed by atoms with Crippen LogP contribution in [-0.4, -0.2) is 92.2 Å². The SMILES string of the molecule is CN(Cc1ccc(C(=O)Oc2ccc(C(=N)N)cc2F)s1)[C@H](Cc1ccccc1)C(=O)C[C@H](CC(=O)O)C(=O)O.O=C(O)C(F)(F)F.O=C(O)C(F)(F)F. The van der Waals surface area contributed by atoms with Crippen molar-refractivity contribution in [2.24, 2.45) is 11.7 Å². The highest BCUT2D eigenvalue weighted by Gasteiger charge is 2.39. The Kier molecular flexibility index (Phi) is 17.4. The zero-order valence-electron chi connectivity index (χ0n) is 27.5. The van der Waals surface area contributed by atoms with Gasteiger partial charge in [-0.05, 0) is 49.4 Å². The zero-order chi connectivity index (χ0) is 41.6. The summed E-state index contributed by atoms with van der Waals surface area (Å²) in [6, 6.07) is 15.1. The second-order valence-electron chi connectivity index (χ2n) is 10.7. The Balaban J connectivity index is 0.000000879. The van der Waals surface area contributed by atoms with Crippen LogP contribution in [0.15, 0.2) is 60.7 Å². The number of alkyl halides is 6. The lowest BCUT2D eigenvalue weighted by Crippen LogP contribution is -2.41. The zero-order valence-corrected chi connectivity index (χ0v) is 28.3. The van der Waals surface area contributed by atoms with E-state index in [1.54, 1.807) is 18.0 Å². The Hall–Kier alpha value is -5.90. The van der Waals surface area contributed by atoms with Gasteiger partial charge in [0, 0.05) is 23.4 Å². The Morgan fingerprint density at radius 3 is 1.83 bits per heavy atom. The molecule has 0 amide bonds. The van der Waals surface area contributed by atoms with Crippen LogP contribution in [0.25, 0.3) is 0 Å². The number of carbonyl (C=O) groups is 6. The number of nitrogens with zero attached hydrogens (tertiary/aromatic N) is 1. The summed E-state index contributed by atoms with van der Waals surface area (Å²) in [6.07, 6.45) is -11.0. The van der Waals surface area contributed by atoms with E-state index in [2.05, 4.69) is 0 Å². The lowest BCUT2D eigenvalue weighted by molar-refractivity contribution is -0.193. The Bertz CT molecular complexity index is 1790. The fraction of sp³-hybridized carbons (Fsp3) is 0.281. The number of rotatable bonds is 14. The number of aliphatic carboxylic acids is 4.